The van der Waals surface area contributed by atoms with Gasteiger partial charge in [0.1, 0.15) is 10.6 Å². The van der Waals surface area contributed by atoms with Crippen molar-refractivity contribution in [2.24, 2.45) is 0 Å². The normalized spacial score (nSPS) is 11.3. The molecule has 6 heteroatoms. The van der Waals surface area contributed by atoms with Gasteiger partial charge < -0.3 is 15.1 Å². The predicted octanol–water partition coefficient (Wildman–Crippen LogP) is 2.68. The third kappa shape index (κ3) is 3.83. The molecule has 0 aliphatic carbocycles. The van der Waals surface area contributed by atoms with Crippen molar-refractivity contribution in [2.45, 2.75) is 19.8 Å². The lowest BCUT2D eigenvalue weighted by molar-refractivity contribution is 0.401. The third-order valence-corrected chi connectivity index (χ3v) is 4.63. The summed E-state index contributed by atoms with van der Waals surface area (Å²) >= 11 is 1.76. The molecular formula is C15H25N5S. The van der Waals surface area contributed by atoms with Crippen LogP contribution in [-0.4, -0.2) is 56.1 Å². The van der Waals surface area contributed by atoms with Gasteiger partial charge in [-0.05, 0) is 39.5 Å². The Hall–Kier alpha value is -1.40. The van der Waals surface area contributed by atoms with Gasteiger partial charge in [-0.1, -0.05) is 6.92 Å². The van der Waals surface area contributed by atoms with Crippen LogP contribution in [0.25, 0.3) is 10.2 Å². The predicted molar refractivity (Wildman–Crippen MR) is 92.8 cm³/mol. The monoisotopic (exact) mass is 307 g/mol. The molecule has 2 heterocycles. The number of rotatable bonds is 7. The van der Waals surface area contributed by atoms with Gasteiger partial charge in [0.25, 0.3) is 0 Å². The highest BCUT2D eigenvalue weighted by Crippen LogP contribution is 2.31. The van der Waals surface area contributed by atoms with Crippen LogP contribution in [0.4, 0.5) is 11.8 Å². The summed E-state index contributed by atoms with van der Waals surface area (Å²) in [5.41, 5.74) is 0. The van der Waals surface area contributed by atoms with Crippen LogP contribution in [-0.2, 0) is 6.42 Å². The van der Waals surface area contributed by atoms with Gasteiger partial charge in [-0.25, -0.2) is 4.98 Å². The van der Waals surface area contributed by atoms with Gasteiger partial charge in [-0.15, -0.1) is 11.3 Å². The number of nitrogens with one attached hydrogen (secondary N) is 1. The van der Waals surface area contributed by atoms with E-state index in [0.717, 1.165) is 36.6 Å². The molecule has 0 atom stereocenters. The smallest absolute Gasteiger partial charge is 0.225 e. The van der Waals surface area contributed by atoms with E-state index in [1.807, 2.05) is 7.05 Å². The van der Waals surface area contributed by atoms with Crippen molar-refractivity contribution in [2.75, 3.05) is 51.5 Å². The Morgan fingerprint density at radius 3 is 2.57 bits per heavy atom. The maximum absolute atomic E-state index is 4.66. The molecule has 0 spiro atoms. The van der Waals surface area contributed by atoms with Crippen LogP contribution in [0.2, 0.25) is 0 Å². The second kappa shape index (κ2) is 7.04. The quantitative estimate of drug-likeness (QED) is 0.852. The van der Waals surface area contributed by atoms with Crippen LogP contribution in [0.1, 0.15) is 18.2 Å². The Morgan fingerprint density at radius 1 is 1.19 bits per heavy atom. The first kappa shape index (κ1) is 16.0. The molecule has 0 unspecified atom stereocenters. The molecule has 0 amide bonds. The fourth-order valence-electron chi connectivity index (χ4n) is 2.26. The summed E-state index contributed by atoms with van der Waals surface area (Å²) in [7, 11) is 8.19. The number of fused-ring (bicyclic) bond motifs is 1. The molecule has 0 saturated carbocycles. The zero-order valence-corrected chi connectivity index (χ0v) is 14.4. The summed E-state index contributed by atoms with van der Waals surface area (Å²) in [6.45, 7) is 4.25. The van der Waals surface area contributed by atoms with E-state index in [9.17, 15) is 0 Å². The van der Waals surface area contributed by atoms with Crippen molar-refractivity contribution in [3.05, 3.63) is 10.9 Å². The summed E-state index contributed by atoms with van der Waals surface area (Å²) in [6, 6.07) is 2.23. The van der Waals surface area contributed by atoms with E-state index in [0.29, 0.717) is 5.95 Å². The third-order valence-electron chi connectivity index (χ3n) is 3.46. The number of aromatic nitrogens is 2. The van der Waals surface area contributed by atoms with Gasteiger partial charge in [0.15, 0.2) is 0 Å². The van der Waals surface area contributed by atoms with Crippen molar-refractivity contribution in [1.82, 2.24) is 14.9 Å². The molecule has 2 aromatic rings. The molecule has 0 bridgehead atoms. The van der Waals surface area contributed by atoms with Gasteiger partial charge in [0.2, 0.25) is 5.95 Å². The number of aryl methyl sites for hydroxylation is 1. The van der Waals surface area contributed by atoms with Crippen molar-refractivity contribution >= 4 is 33.3 Å². The van der Waals surface area contributed by atoms with E-state index in [-0.39, 0.29) is 0 Å². The lowest BCUT2D eigenvalue weighted by atomic mass is 10.3. The molecule has 5 nitrogen and oxygen atoms in total. The van der Waals surface area contributed by atoms with E-state index in [2.05, 4.69) is 59.2 Å². The molecule has 21 heavy (non-hydrogen) atoms. The summed E-state index contributed by atoms with van der Waals surface area (Å²) in [6.07, 6.45) is 2.16. The maximum Gasteiger partial charge on any atom is 0.225 e. The van der Waals surface area contributed by atoms with Crippen LogP contribution < -0.4 is 10.2 Å². The molecule has 1 N–H and O–H groups in total. The second-order valence-electron chi connectivity index (χ2n) is 5.48. The van der Waals surface area contributed by atoms with Crippen molar-refractivity contribution < 1.29 is 0 Å². The highest BCUT2D eigenvalue weighted by atomic mass is 32.1. The van der Waals surface area contributed by atoms with E-state index < -0.39 is 0 Å². The van der Waals surface area contributed by atoms with Crippen molar-refractivity contribution in [3.63, 3.8) is 0 Å². The van der Waals surface area contributed by atoms with Crippen LogP contribution in [0, 0.1) is 0 Å². The molecule has 0 saturated heterocycles. The number of thiophene rings is 1. The summed E-state index contributed by atoms with van der Waals surface area (Å²) in [4.78, 5) is 16.1. The Balaban J connectivity index is 2.29. The lowest BCUT2D eigenvalue weighted by Crippen LogP contribution is -2.24. The molecule has 0 fully saturated rings. The van der Waals surface area contributed by atoms with E-state index >= 15 is 0 Å². The molecular weight excluding hydrogens is 282 g/mol. The van der Waals surface area contributed by atoms with Crippen molar-refractivity contribution in [3.8, 4) is 0 Å². The fourth-order valence-corrected chi connectivity index (χ4v) is 3.23. The molecule has 0 radical (unpaired) electrons. The maximum atomic E-state index is 4.66. The van der Waals surface area contributed by atoms with Gasteiger partial charge in [0, 0.05) is 25.5 Å². The van der Waals surface area contributed by atoms with Gasteiger partial charge in [-0.3, -0.25) is 0 Å². The summed E-state index contributed by atoms with van der Waals surface area (Å²) in [5, 5.41) is 4.24. The van der Waals surface area contributed by atoms with Gasteiger partial charge >= 0.3 is 0 Å². The zero-order valence-electron chi connectivity index (χ0n) is 13.6. The molecule has 2 rings (SSSR count). The first-order valence-electron chi connectivity index (χ1n) is 7.39. The standard InChI is InChI=1S/C15H25N5S/c1-6-11-10-12-13(20(5)9-7-8-19(3)4)17-15(16-2)18-14(12)21-11/h10H,6-9H2,1-5H3,(H,16,17,18). The first-order valence-corrected chi connectivity index (χ1v) is 8.20. The fraction of sp³-hybridized carbons (Fsp3) is 0.600. The Kier molecular flexibility index (Phi) is 5.36. The summed E-state index contributed by atoms with van der Waals surface area (Å²) < 4.78 is 0. The first-order chi connectivity index (χ1) is 10.0. The van der Waals surface area contributed by atoms with Crippen LogP contribution in [0.3, 0.4) is 0 Å². The largest absolute Gasteiger partial charge is 0.359 e. The molecule has 0 aliphatic heterocycles. The zero-order chi connectivity index (χ0) is 15.4. The molecule has 2 aromatic heterocycles. The van der Waals surface area contributed by atoms with Crippen molar-refractivity contribution in [1.29, 1.82) is 0 Å². The summed E-state index contributed by atoms with van der Waals surface area (Å²) in [5.74, 6) is 1.72. The number of nitrogens with zero attached hydrogens (tertiary/aromatic N) is 4. The van der Waals surface area contributed by atoms with Gasteiger partial charge in [0.05, 0.1) is 5.39 Å². The molecule has 0 aromatic carbocycles. The minimum Gasteiger partial charge on any atom is -0.359 e. The Morgan fingerprint density at radius 2 is 1.95 bits per heavy atom. The van der Waals surface area contributed by atoms with Crippen LogP contribution >= 0.6 is 11.3 Å². The second-order valence-corrected chi connectivity index (χ2v) is 6.60. The van der Waals surface area contributed by atoms with Crippen LogP contribution in [0.5, 0.6) is 0 Å². The number of hydrogen-bond acceptors (Lipinski definition) is 6. The van der Waals surface area contributed by atoms with E-state index in [4.69, 9.17) is 0 Å². The Bertz CT molecular complexity index is 593. The van der Waals surface area contributed by atoms with Crippen LogP contribution in [0.15, 0.2) is 6.07 Å². The average Bonchev–Trinajstić information content (AvgIpc) is 2.88. The molecule has 116 valence electrons. The highest BCUT2D eigenvalue weighted by molar-refractivity contribution is 7.18. The number of anilines is 2. The Labute approximate surface area is 131 Å². The van der Waals surface area contributed by atoms with E-state index in [1.54, 1.807) is 11.3 Å². The number of hydrogen-bond donors (Lipinski definition) is 1. The molecule has 0 aliphatic rings. The lowest BCUT2D eigenvalue weighted by Gasteiger charge is -2.20. The van der Waals surface area contributed by atoms with E-state index in [1.165, 1.54) is 10.3 Å². The minimum absolute atomic E-state index is 0.696. The average molecular weight is 307 g/mol. The minimum atomic E-state index is 0.696. The van der Waals surface area contributed by atoms with Gasteiger partial charge in [-0.2, -0.15) is 4.98 Å². The topological polar surface area (TPSA) is 44.3 Å². The SMILES string of the molecule is CCc1cc2c(N(C)CCCN(C)C)nc(NC)nc2s1. The highest BCUT2D eigenvalue weighted by Gasteiger charge is 2.14.